The molecule has 0 atom stereocenters. The van der Waals surface area contributed by atoms with Gasteiger partial charge in [-0.3, -0.25) is 4.90 Å². The van der Waals surface area contributed by atoms with Gasteiger partial charge >= 0.3 is 0 Å². The van der Waals surface area contributed by atoms with Gasteiger partial charge in [-0.2, -0.15) is 0 Å². The van der Waals surface area contributed by atoms with Gasteiger partial charge in [-0.1, -0.05) is 56.3 Å². The van der Waals surface area contributed by atoms with Crippen LogP contribution in [0.1, 0.15) is 26.3 Å². The maximum absolute atomic E-state index is 8.72. The van der Waals surface area contributed by atoms with E-state index in [-0.39, 0.29) is 5.41 Å². The Kier molecular flexibility index (Phi) is 6.30. The number of oxime groups is 1. The molecule has 104 valence electrons. The summed E-state index contributed by atoms with van der Waals surface area (Å²) < 4.78 is 0. The van der Waals surface area contributed by atoms with Crippen molar-refractivity contribution in [1.29, 1.82) is 0 Å². The molecule has 0 aromatic heterocycles. The Bertz CT molecular complexity index is 410. The molecular formula is C16H24N2O. The zero-order chi connectivity index (χ0) is 14.1. The van der Waals surface area contributed by atoms with Gasteiger partial charge in [0.1, 0.15) is 0 Å². The monoisotopic (exact) mass is 260 g/mol. The van der Waals surface area contributed by atoms with Crippen LogP contribution in [0.4, 0.5) is 0 Å². The number of nitrogens with zero attached hydrogens (tertiary/aromatic N) is 2. The third-order valence-corrected chi connectivity index (χ3v) is 2.89. The van der Waals surface area contributed by atoms with Crippen LogP contribution >= 0.6 is 0 Å². The molecule has 0 amide bonds. The Hall–Kier alpha value is -1.61. The Balaban J connectivity index is 2.72. The highest BCUT2D eigenvalue weighted by molar-refractivity contribution is 5.64. The van der Waals surface area contributed by atoms with Crippen molar-refractivity contribution in [3.63, 3.8) is 0 Å². The molecule has 3 heteroatoms. The summed E-state index contributed by atoms with van der Waals surface area (Å²) in [7, 11) is 0. The predicted octanol–water partition coefficient (Wildman–Crippen LogP) is 3.55. The summed E-state index contributed by atoms with van der Waals surface area (Å²) in [6.07, 6.45) is 5.81. The molecule has 19 heavy (non-hydrogen) atoms. The lowest BCUT2D eigenvalue weighted by molar-refractivity contribution is 0.230. The Morgan fingerprint density at radius 2 is 1.95 bits per heavy atom. The van der Waals surface area contributed by atoms with Crippen LogP contribution in [0.3, 0.4) is 0 Å². The van der Waals surface area contributed by atoms with E-state index in [4.69, 9.17) is 5.21 Å². The van der Waals surface area contributed by atoms with E-state index in [2.05, 4.69) is 60.3 Å². The summed E-state index contributed by atoms with van der Waals surface area (Å²) in [5.74, 6) is 0. The lowest BCUT2D eigenvalue weighted by atomic mass is 9.94. The molecule has 0 aliphatic heterocycles. The molecule has 0 heterocycles. The highest BCUT2D eigenvalue weighted by Gasteiger charge is 2.19. The summed E-state index contributed by atoms with van der Waals surface area (Å²) in [5.41, 5.74) is 1.15. The predicted molar refractivity (Wildman–Crippen MR) is 80.6 cm³/mol. The molecule has 0 saturated carbocycles. The normalized spacial score (nSPS) is 12.8. The third kappa shape index (κ3) is 6.20. The van der Waals surface area contributed by atoms with Gasteiger partial charge in [-0.05, 0) is 12.5 Å². The lowest BCUT2D eigenvalue weighted by Crippen LogP contribution is -2.35. The first kappa shape index (κ1) is 15.4. The molecule has 0 aliphatic rings. The average Bonchev–Trinajstić information content (AvgIpc) is 2.36. The lowest BCUT2D eigenvalue weighted by Gasteiger charge is -2.29. The summed E-state index contributed by atoms with van der Waals surface area (Å²) in [5, 5.41) is 11.9. The van der Waals surface area contributed by atoms with Crippen LogP contribution in [0, 0.1) is 5.41 Å². The molecule has 0 unspecified atom stereocenters. The topological polar surface area (TPSA) is 35.8 Å². The van der Waals surface area contributed by atoms with Crippen LogP contribution in [-0.2, 0) is 6.54 Å². The first-order chi connectivity index (χ1) is 9.07. The van der Waals surface area contributed by atoms with Crippen molar-refractivity contribution in [3.05, 3.63) is 48.0 Å². The van der Waals surface area contributed by atoms with Gasteiger partial charge in [0.25, 0.3) is 0 Å². The second-order valence-corrected chi connectivity index (χ2v) is 5.46. The van der Waals surface area contributed by atoms with Crippen molar-refractivity contribution < 1.29 is 5.21 Å². The minimum Gasteiger partial charge on any atom is -0.411 e. The SMILES string of the molecule is C/C=C/CN(Cc1ccccc1)CC(C)(C)C=NO. The largest absolute Gasteiger partial charge is 0.411 e. The average molecular weight is 260 g/mol. The van der Waals surface area contributed by atoms with Gasteiger partial charge in [-0.25, -0.2) is 0 Å². The van der Waals surface area contributed by atoms with E-state index in [1.807, 2.05) is 13.0 Å². The van der Waals surface area contributed by atoms with Crippen LogP contribution in [0.5, 0.6) is 0 Å². The van der Waals surface area contributed by atoms with Crippen LogP contribution in [0.2, 0.25) is 0 Å². The van der Waals surface area contributed by atoms with Gasteiger partial charge in [-0.15, -0.1) is 5.16 Å². The fourth-order valence-corrected chi connectivity index (χ4v) is 2.05. The van der Waals surface area contributed by atoms with Gasteiger partial charge in [0.2, 0.25) is 0 Å². The quantitative estimate of drug-likeness (QED) is 0.352. The summed E-state index contributed by atoms with van der Waals surface area (Å²) in [6, 6.07) is 10.4. The first-order valence-corrected chi connectivity index (χ1v) is 6.63. The second-order valence-electron chi connectivity index (χ2n) is 5.46. The zero-order valence-corrected chi connectivity index (χ0v) is 12.1. The molecule has 0 radical (unpaired) electrons. The number of hydrogen-bond donors (Lipinski definition) is 1. The molecular weight excluding hydrogens is 236 g/mol. The van der Waals surface area contributed by atoms with Crippen molar-refractivity contribution in [3.8, 4) is 0 Å². The van der Waals surface area contributed by atoms with Crippen LogP contribution in [0.15, 0.2) is 47.6 Å². The van der Waals surface area contributed by atoms with E-state index in [1.54, 1.807) is 6.21 Å². The van der Waals surface area contributed by atoms with Gasteiger partial charge < -0.3 is 5.21 Å². The number of hydrogen-bond acceptors (Lipinski definition) is 3. The van der Waals surface area contributed by atoms with E-state index in [0.717, 1.165) is 19.6 Å². The Morgan fingerprint density at radius 1 is 1.26 bits per heavy atom. The van der Waals surface area contributed by atoms with E-state index in [1.165, 1.54) is 5.56 Å². The molecule has 0 spiro atoms. The minimum absolute atomic E-state index is 0.148. The number of rotatable bonds is 7. The minimum atomic E-state index is -0.148. The van der Waals surface area contributed by atoms with Gasteiger partial charge in [0.05, 0.1) is 6.21 Å². The van der Waals surface area contributed by atoms with Crippen molar-refractivity contribution in [2.24, 2.45) is 10.6 Å². The molecule has 1 N–H and O–H groups in total. The van der Waals surface area contributed by atoms with Crippen molar-refractivity contribution >= 4 is 6.21 Å². The zero-order valence-electron chi connectivity index (χ0n) is 12.1. The van der Waals surface area contributed by atoms with E-state index in [0.29, 0.717) is 0 Å². The van der Waals surface area contributed by atoms with Gasteiger partial charge in [0.15, 0.2) is 0 Å². The summed E-state index contributed by atoms with van der Waals surface area (Å²) in [4.78, 5) is 2.34. The molecule has 0 fully saturated rings. The van der Waals surface area contributed by atoms with Gasteiger partial charge in [0, 0.05) is 25.0 Å². The highest BCUT2D eigenvalue weighted by Crippen LogP contribution is 2.16. The fourth-order valence-electron chi connectivity index (χ4n) is 2.05. The van der Waals surface area contributed by atoms with Crippen LogP contribution in [0.25, 0.3) is 0 Å². The first-order valence-electron chi connectivity index (χ1n) is 6.63. The maximum Gasteiger partial charge on any atom is 0.0504 e. The number of benzene rings is 1. The smallest absolute Gasteiger partial charge is 0.0504 e. The van der Waals surface area contributed by atoms with E-state index in [9.17, 15) is 0 Å². The Labute approximate surface area is 116 Å². The second kappa shape index (κ2) is 7.74. The van der Waals surface area contributed by atoms with Crippen molar-refractivity contribution in [2.45, 2.75) is 27.3 Å². The maximum atomic E-state index is 8.72. The molecule has 0 bridgehead atoms. The van der Waals surface area contributed by atoms with E-state index >= 15 is 0 Å². The highest BCUT2D eigenvalue weighted by atomic mass is 16.4. The van der Waals surface area contributed by atoms with Crippen molar-refractivity contribution in [1.82, 2.24) is 4.90 Å². The van der Waals surface area contributed by atoms with Crippen molar-refractivity contribution in [2.75, 3.05) is 13.1 Å². The molecule has 3 nitrogen and oxygen atoms in total. The Morgan fingerprint density at radius 3 is 2.53 bits per heavy atom. The molecule has 0 saturated heterocycles. The summed E-state index contributed by atoms with van der Waals surface area (Å²) in [6.45, 7) is 8.81. The van der Waals surface area contributed by atoms with Crippen LogP contribution in [-0.4, -0.2) is 29.4 Å². The molecule has 1 aromatic carbocycles. The summed E-state index contributed by atoms with van der Waals surface area (Å²) >= 11 is 0. The molecule has 0 aliphatic carbocycles. The third-order valence-electron chi connectivity index (χ3n) is 2.89. The van der Waals surface area contributed by atoms with E-state index < -0.39 is 0 Å². The number of allylic oxidation sites excluding steroid dienone is 1. The fraction of sp³-hybridized carbons (Fsp3) is 0.438. The standard InChI is InChI=1S/C16H24N2O/c1-4-5-11-18(14-16(2,3)13-17-19)12-15-9-7-6-8-10-15/h4-10,13,19H,11-12,14H2,1-3H3/b5-4+,17-13?. The molecule has 1 aromatic rings. The van der Waals surface area contributed by atoms with Crippen LogP contribution < -0.4 is 0 Å². The molecule has 1 rings (SSSR count).